The molecule has 2 aromatic rings. The molecule has 0 amide bonds. The third-order valence-corrected chi connectivity index (χ3v) is 4.08. The largest absolute Gasteiger partial charge is 0.418 e. The number of halogens is 6. The third-order valence-electron chi connectivity index (χ3n) is 4.08. The topological polar surface area (TPSA) is 52.0 Å². The molecule has 2 aromatic carbocycles. The average Bonchev–Trinajstić information content (AvgIpc) is 2.44. The molecular weight excluding hydrogens is 346 g/mol. The summed E-state index contributed by atoms with van der Waals surface area (Å²) in [5.41, 5.74) is 7.55. The maximum atomic E-state index is 13.1. The summed E-state index contributed by atoms with van der Waals surface area (Å²) in [6, 6.07) is 6.30. The van der Waals surface area contributed by atoms with Gasteiger partial charge >= 0.3 is 12.4 Å². The highest BCUT2D eigenvalue weighted by atomic mass is 19.4. The van der Waals surface area contributed by atoms with E-state index < -0.39 is 34.6 Å². The Balaban J connectivity index is 2.62. The molecule has 8 heteroatoms. The number of anilines is 2. The second kappa shape index (κ2) is 5.86. The fourth-order valence-corrected chi connectivity index (χ4v) is 2.53. The molecule has 0 saturated carbocycles. The number of nitrogens with two attached hydrogens (primary N) is 2. The van der Waals surface area contributed by atoms with E-state index in [9.17, 15) is 26.3 Å². The number of benzene rings is 2. The van der Waals surface area contributed by atoms with Crippen LogP contribution in [0.3, 0.4) is 0 Å². The van der Waals surface area contributed by atoms with Gasteiger partial charge in [0.1, 0.15) is 0 Å². The van der Waals surface area contributed by atoms with Crippen LogP contribution in [-0.2, 0) is 17.8 Å². The van der Waals surface area contributed by atoms with Crippen molar-refractivity contribution in [2.24, 2.45) is 0 Å². The van der Waals surface area contributed by atoms with E-state index in [4.69, 9.17) is 11.5 Å². The van der Waals surface area contributed by atoms with Crippen molar-refractivity contribution in [1.29, 1.82) is 0 Å². The molecule has 136 valence electrons. The van der Waals surface area contributed by atoms with Crippen molar-refractivity contribution in [2.75, 3.05) is 11.5 Å². The van der Waals surface area contributed by atoms with Gasteiger partial charge in [-0.05, 0) is 41.5 Å². The molecule has 0 aliphatic carbocycles. The van der Waals surface area contributed by atoms with E-state index in [0.29, 0.717) is 0 Å². The molecule has 4 N–H and O–H groups in total. The lowest BCUT2D eigenvalue weighted by molar-refractivity contribution is -0.138. The molecule has 25 heavy (non-hydrogen) atoms. The van der Waals surface area contributed by atoms with Gasteiger partial charge in [0.05, 0.1) is 11.1 Å². The fourth-order valence-electron chi connectivity index (χ4n) is 2.53. The molecule has 0 bridgehead atoms. The van der Waals surface area contributed by atoms with Crippen LogP contribution in [0.1, 0.15) is 36.1 Å². The Bertz CT molecular complexity index is 791. The van der Waals surface area contributed by atoms with Crippen LogP contribution in [0.4, 0.5) is 37.7 Å². The van der Waals surface area contributed by atoms with Crippen LogP contribution in [0.5, 0.6) is 0 Å². The first kappa shape index (κ1) is 19.0. The zero-order valence-electron chi connectivity index (χ0n) is 13.4. The highest BCUT2D eigenvalue weighted by Crippen LogP contribution is 2.41. The van der Waals surface area contributed by atoms with Crippen LogP contribution in [0.15, 0.2) is 36.4 Å². The Morgan fingerprint density at radius 2 is 1.24 bits per heavy atom. The van der Waals surface area contributed by atoms with Gasteiger partial charge in [0.25, 0.3) is 0 Å². The van der Waals surface area contributed by atoms with Crippen molar-refractivity contribution in [3.8, 4) is 0 Å². The number of alkyl halides is 6. The Labute approximate surface area is 140 Å². The van der Waals surface area contributed by atoms with Gasteiger partial charge in [-0.2, -0.15) is 26.3 Å². The van der Waals surface area contributed by atoms with Gasteiger partial charge in [-0.3, -0.25) is 0 Å². The standard InChI is InChI=1S/C17H16F6N2/c1-15(2,9-3-4-14(25)13(8-9)17(21,22)23)10-5-11(16(18,19)20)7-12(24)6-10/h3-8H,24-25H2,1-2H3. The fraction of sp³-hybridized carbons (Fsp3) is 0.294. The highest BCUT2D eigenvalue weighted by Gasteiger charge is 2.36. The number of hydrogen-bond acceptors (Lipinski definition) is 2. The molecule has 0 aromatic heterocycles. The van der Waals surface area contributed by atoms with E-state index in [-0.39, 0.29) is 16.8 Å². The van der Waals surface area contributed by atoms with E-state index in [1.807, 2.05) is 0 Å². The Kier molecular flexibility index (Phi) is 4.44. The predicted molar refractivity (Wildman–Crippen MR) is 83.8 cm³/mol. The maximum absolute atomic E-state index is 13.1. The van der Waals surface area contributed by atoms with Gasteiger partial charge in [-0.1, -0.05) is 19.9 Å². The zero-order valence-corrected chi connectivity index (χ0v) is 13.4. The van der Waals surface area contributed by atoms with Crippen molar-refractivity contribution in [3.63, 3.8) is 0 Å². The van der Waals surface area contributed by atoms with E-state index in [1.54, 1.807) is 0 Å². The van der Waals surface area contributed by atoms with Crippen molar-refractivity contribution >= 4 is 11.4 Å². The van der Waals surface area contributed by atoms with Crippen molar-refractivity contribution in [1.82, 2.24) is 0 Å². The minimum absolute atomic E-state index is 0.121. The lowest BCUT2D eigenvalue weighted by atomic mass is 9.77. The molecule has 0 aliphatic rings. The molecule has 0 heterocycles. The quantitative estimate of drug-likeness (QED) is 0.569. The van der Waals surface area contributed by atoms with Gasteiger partial charge in [-0.15, -0.1) is 0 Å². The van der Waals surface area contributed by atoms with Crippen LogP contribution in [0.25, 0.3) is 0 Å². The van der Waals surface area contributed by atoms with Gasteiger partial charge < -0.3 is 11.5 Å². The second-order valence-electron chi connectivity index (χ2n) is 6.27. The van der Waals surface area contributed by atoms with E-state index >= 15 is 0 Å². The van der Waals surface area contributed by atoms with E-state index in [0.717, 1.165) is 24.3 Å². The summed E-state index contributed by atoms with van der Waals surface area (Å²) in [7, 11) is 0. The molecule has 0 atom stereocenters. The first-order valence-corrected chi connectivity index (χ1v) is 7.18. The summed E-state index contributed by atoms with van der Waals surface area (Å²) in [5.74, 6) is 0. The molecular formula is C17H16F6N2. The van der Waals surface area contributed by atoms with Gasteiger partial charge in [0, 0.05) is 16.8 Å². The predicted octanol–water partition coefficient (Wildman–Crippen LogP) is 5.21. The molecule has 0 saturated heterocycles. The smallest absolute Gasteiger partial charge is 0.399 e. The van der Waals surface area contributed by atoms with Crippen LogP contribution in [0.2, 0.25) is 0 Å². The SMILES string of the molecule is CC(C)(c1cc(N)cc(C(F)(F)F)c1)c1ccc(N)c(C(F)(F)F)c1. The van der Waals surface area contributed by atoms with Crippen molar-refractivity contribution in [3.05, 3.63) is 58.7 Å². The summed E-state index contributed by atoms with van der Waals surface area (Å²) in [5, 5.41) is 0. The van der Waals surface area contributed by atoms with E-state index in [2.05, 4.69) is 0 Å². The van der Waals surface area contributed by atoms with Crippen LogP contribution in [-0.4, -0.2) is 0 Å². The van der Waals surface area contributed by atoms with Crippen molar-refractivity contribution in [2.45, 2.75) is 31.6 Å². The van der Waals surface area contributed by atoms with Gasteiger partial charge in [0.15, 0.2) is 0 Å². The summed E-state index contributed by atoms with van der Waals surface area (Å²) in [4.78, 5) is 0. The summed E-state index contributed by atoms with van der Waals surface area (Å²) in [6.07, 6.45) is -9.28. The Hall–Kier alpha value is -2.38. The van der Waals surface area contributed by atoms with Crippen LogP contribution >= 0.6 is 0 Å². The van der Waals surface area contributed by atoms with Gasteiger partial charge in [0.2, 0.25) is 0 Å². The minimum atomic E-state index is -4.66. The number of hydrogen-bond donors (Lipinski definition) is 2. The highest BCUT2D eigenvalue weighted by molar-refractivity contribution is 5.55. The second-order valence-corrected chi connectivity index (χ2v) is 6.27. The lowest BCUT2D eigenvalue weighted by Crippen LogP contribution is -2.22. The third kappa shape index (κ3) is 3.83. The summed E-state index contributed by atoms with van der Waals surface area (Å²) < 4.78 is 78.1. The first-order valence-electron chi connectivity index (χ1n) is 7.18. The van der Waals surface area contributed by atoms with Crippen molar-refractivity contribution < 1.29 is 26.3 Å². The molecule has 0 spiro atoms. The summed E-state index contributed by atoms with van der Waals surface area (Å²) in [6.45, 7) is 3.04. The average molecular weight is 362 g/mol. The number of nitrogen functional groups attached to an aromatic ring is 2. The molecule has 2 rings (SSSR count). The molecule has 0 fully saturated rings. The molecule has 2 nitrogen and oxygen atoms in total. The zero-order chi connectivity index (χ0) is 19.2. The monoisotopic (exact) mass is 362 g/mol. The Morgan fingerprint density at radius 1 is 0.680 bits per heavy atom. The van der Waals surface area contributed by atoms with Crippen LogP contribution < -0.4 is 11.5 Å². The van der Waals surface area contributed by atoms with Crippen LogP contribution in [0, 0.1) is 0 Å². The lowest BCUT2D eigenvalue weighted by Gasteiger charge is -2.28. The molecule has 0 radical (unpaired) electrons. The molecule has 0 aliphatic heterocycles. The minimum Gasteiger partial charge on any atom is -0.399 e. The normalized spacial score (nSPS) is 13.1. The molecule has 0 unspecified atom stereocenters. The Morgan fingerprint density at radius 3 is 1.76 bits per heavy atom. The first-order chi connectivity index (χ1) is 11.2. The number of rotatable bonds is 2. The summed E-state index contributed by atoms with van der Waals surface area (Å²) >= 11 is 0. The van der Waals surface area contributed by atoms with Gasteiger partial charge in [-0.25, -0.2) is 0 Å². The maximum Gasteiger partial charge on any atom is 0.418 e. The van der Waals surface area contributed by atoms with E-state index in [1.165, 1.54) is 26.0 Å².